The van der Waals surface area contributed by atoms with Crippen molar-refractivity contribution >= 4 is 5.97 Å². The van der Waals surface area contributed by atoms with Gasteiger partial charge < -0.3 is 10.8 Å². The summed E-state index contributed by atoms with van der Waals surface area (Å²) in [6.07, 6.45) is 2.43. The van der Waals surface area contributed by atoms with Crippen LogP contribution in [0.1, 0.15) is 13.3 Å². The first-order chi connectivity index (χ1) is 4.61. The van der Waals surface area contributed by atoms with Crippen molar-refractivity contribution in [3.8, 4) is 0 Å². The molecule has 2 atom stereocenters. The molecule has 3 heteroatoms. The highest BCUT2D eigenvalue weighted by Gasteiger charge is 2.28. The molecule has 0 unspecified atom stereocenters. The van der Waals surface area contributed by atoms with Crippen molar-refractivity contribution in [2.75, 3.05) is 0 Å². The normalized spacial score (nSPS) is 32.0. The van der Waals surface area contributed by atoms with E-state index in [1.54, 1.807) is 0 Å². The van der Waals surface area contributed by atoms with Gasteiger partial charge in [0.1, 0.15) is 0 Å². The lowest BCUT2D eigenvalue weighted by Gasteiger charge is -2.07. The molecule has 0 aromatic carbocycles. The maximum Gasteiger partial charge on any atom is 0.308 e. The van der Waals surface area contributed by atoms with Crippen LogP contribution in [0.2, 0.25) is 0 Å². The monoisotopic (exact) mass is 141 g/mol. The molecule has 3 N–H and O–H groups in total. The molecule has 0 aromatic heterocycles. The molecule has 0 radical (unpaired) electrons. The van der Waals surface area contributed by atoms with Gasteiger partial charge in [-0.05, 0) is 13.3 Å². The van der Waals surface area contributed by atoms with Crippen molar-refractivity contribution in [2.45, 2.75) is 19.4 Å². The number of aliphatic carboxylic acids is 1. The highest BCUT2D eigenvalue weighted by molar-refractivity contribution is 5.72. The topological polar surface area (TPSA) is 63.3 Å². The van der Waals surface area contributed by atoms with Crippen LogP contribution in [0.15, 0.2) is 11.6 Å². The first kappa shape index (κ1) is 7.28. The highest BCUT2D eigenvalue weighted by atomic mass is 16.4. The molecule has 0 heterocycles. The van der Waals surface area contributed by atoms with Gasteiger partial charge in [-0.2, -0.15) is 0 Å². The second-order valence-electron chi connectivity index (χ2n) is 2.74. The summed E-state index contributed by atoms with van der Waals surface area (Å²) in [4.78, 5) is 10.4. The van der Waals surface area contributed by atoms with Gasteiger partial charge in [-0.3, -0.25) is 4.79 Å². The average Bonchev–Trinajstić information content (AvgIpc) is 2.10. The molecule has 0 bridgehead atoms. The Morgan fingerprint density at radius 3 is 2.70 bits per heavy atom. The quantitative estimate of drug-likeness (QED) is 0.518. The van der Waals surface area contributed by atoms with Crippen LogP contribution in [0.25, 0.3) is 0 Å². The van der Waals surface area contributed by atoms with Gasteiger partial charge in [0.25, 0.3) is 0 Å². The van der Waals surface area contributed by atoms with E-state index in [4.69, 9.17) is 10.8 Å². The van der Waals surface area contributed by atoms with Crippen molar-refractivity contribution < 1.29 is 9.90 Å². The molecule has 1 aliphatic carbocycles. The lowest BCUT2D eigenvalue weighted by molar-refractivity contribution is -0.141. The van der Waals surface area contributed by atoms with Crippen LogP contribution in [0, 0.1) is 5.92 Å². The van der Waals surface area contributed by atoms with E-state index in [0.717, 1.165) is 5.57 Å². The van der Waals surface area contributed by atoms with E-state index < -0.39 is 5.97 Å². The standard InChI is InChI=1S/C7H11NO2/c1-4-2-5(7(9)10)6(8)3-4/h3,5-6H,2,8H2,1H3,(H,9,10)/t5-,6-/m1/s1. The van der Waals surface area contributed by atoms with Crippen LogP contribution in [-0.4, -0.2) is 17.1 Å². The molecule has 3 nitrogen and oxygen atoms in total. The Morgan fingerprint density at radius 2 is 2.50 bits per heavy atom. The van der Waals surface area contributed by atoms with Gasteiger partial charge in [0.2, 0.25) is 0 Å². The Labute approximate surface area is 59.5 Å². The predicted octanol–water partition coefficient (Wildman–Crippen LogP) is 0.365. The molecule has 0 spiro atoms. The van der Waals surface area contributed by atoms with Gasteiger partial charge in [0.05, 0.1) is 5.92 Å². The summed E-state index contributed by atoms with van der Waals surface area (Å²) in [6, 6.07) is -0.280. The molecule has 1 aliphatic rings. The van der Waals surface area contributed by atoms with E-state index in [1.165, 1.54) is 0 Å². The van der Waals surface area contributed by atoms with Crippen molar-refractivity contribution in [2.24, 2.45) is 11.7 Å². The lowest BCUT2D eigenvalue weighted by Crippen LogP contribution is -2.30. The van der Waals surface area contributed by atoms with E-state index in [2.05, 4.69) is 0 Å². The highest BCUT2D eigenvalue weighted by Crippen LogP contribution is 2.23. The Kier molecular flexibility index (Phi) is 1.76. The van der Waals surface area contributed by atoms with Crippen LogP contribution in [0.4, 0.5) is 0 Å². The first-order valence-corrected chi connectivity index (χ1v) is 3.27. The molecule has 0 fully saturated rings. The Morgan fingerprint density at radius 1 is 1.90 bits per heavy atom. The summed E-state index contributed by atoms with van der Waals surface area (Å²) in [5.41, 5.74) is 6.60. The zero-order valence-corrected chi connectivity index (χ0v) is 5.87. The Balaban J connectivity index is 2.63. The number of hydrogen-bond acceptors (Lipinski definition) is 2. The van der Waals surface area contributed by atoms with E-state index in [-0.39, 0.29) is 12.0 Å². The van der Waals surface area contributed by atoms with Crippen LogP contribution < -0.4 is 5.73 Å². The third-order valence-electron chi connectivity index (χ3n) is 1.80. The number of hydrogen-bond donors (Lipinski definition) is 2. The van der Waals surface area contributed by atoms with Gasteiger partial charge in [-0.15, -0.1) is 0 Å². The molecule has 56 valence electrons. The lowest BCUT2D eigenvalue weighted by atomic mass is 10.0. The average molecular weight is 141 g/mol. The fourth-order valence-corrected chi connectivity index (χ4v) is 1.25. The van der Waals surface area contributed by atoms with Crippen molar-refractivity contribution in [1.29, 1.82) is 0 Å². The van der Waals surface area contributed by atoms with Gasteiger partial charge in [0, 0.05) is 6.04 Å². The molecule has 1 rings (SSSR count). The summed E-state index contributed by atoms with van der Waals surface area (Å²) in [5, 5.41) is 8.59. The van der Waals surface area contributed by atoms with E-state index in [0.29, 0.717) is 6.42 Å². The molecule has 0 saturated carbocycles. The number of rotatable bonds is 1. The van der Waals surface area contributed by atoms with Crippen molar-refractivity contribution in [3.05, 3.63) is 11.6 Å². The molecule has 0 saturated heterocycles. The number of nitrogens with two attached hydrogens (primary N) is 1. The predicted molar refractivity (Wildman–Crippen MR) is 37.5 cm³/mol. The van der Waals surface area contributed by atoms with Gasteiger partial charge in [0.15, 0.2) is 0 Å². The van der Waals surface area contributed by atoms with Gasteiger partial charge in [-0.25, -0.2) is 0 Å². The van der Waals surface area contributed by atoms with Gasteiger partial charge >= 0.3 is 5.97 Å². The number of allylic oxidation sites excluding steroid dienone is 1. The smallest absolute Gasteiger partial charge is 0.308 e. The minimum absolute atomic E-state index is 0.280. The van der Waals surface area contributed by atoms with E-state index in [9.17, 15) is 4.79 Å². The molecule has 0 aliphatic heterocycles. The SMILES string of the molecule is CC1=C[C@@H](N)[C@H](C(=O)O)C1. The summed E-state index contributed by atoms with van der Waals surface area (Å²) < 4.78 is 0. The molecule has 10 heavy (non-hydrogen) atoms. The summed E-state index contributed by atoms with van der Waals surface area (Å²) in [7, 11) is 0. The van der Waals surface area contributed by atoms with Crippen LogP contribution in [-0.2, 0) is 4.79 Å². The van der Waals surface area contributed by atoms with Gasteiger partial charge in [-0.1, -0.05) is 11.6 Å². The molecule has 0 aromatic rings. The van der Waals surface area contributed by atoms with E-state index in [1.807, 2.05) is 13.0 Å². The maximum absolute atomic E-state index is 10.4. The van der Waals surface area contributed by atoms with Crippen LogP contribution in [0.3, 0.4) is 0 Å². The molecular formula is C7H11NO2. The second kappa shape index (κ2) is 2.42. The molecular weight excluding hydrogens is 130 g/mol. The largest absolute Gasteiger partial charge is 0.481 e. The minimum atomic E-state index is -0.791. The zero-order chi connectivity index (χ0) is 7.72. The first-order valence-electron chi connectivity index (χ1n) is 3.27. The Hall–Kier alpha value is -0.830. The van der Waals surface area contributed by atoms with Crippen molar-refractivity contribution in [1.82, 2.24) is 0 Å². The van der Waals surface area contributed by atoms with E-state index >= 15 is 0 Å². The number of carbonyl (C=O) groups is 1. The summed E-state index contributed by atoms with van der Waals surface area (Å²) in [5.74, 6) is -1.18. The fraction of sp³-hybridized carbons (Fsp3) is 0.571. The summed E-state index contributed by atoms with van der Waals surface area (Å²) in [6.45, 7) is 1.91. The minimum Gasteiger partial charge on any atom is -0.481 e. The third kappa shape index (κ3) is 1.19. The zero-order valence-electron chi connectivity index (χ0n) is 5.87. The Bertz CT molecular complexity index is 186. The van der Waals surface area contributed by atoms with Crippen molar-refractivity contribution in [3.63, 3.8) is 0 Å². The van der Waals surface area contributed by atoms with Crippen LogP contribution in [0.5, 0.6) is 0 Å². The maximum atomic E-state index is 10.4. The summed E-state index contributed by atoms with van der Waals surface area (Å²) >= 11 is 0. The number of carboxylic acid groups (broad SMARTS) is 1. The van der Waals surface area contributed by atoms with Crippen LogP contribution >= 0.6 is 0 Å². The fourth-order valence-electron chi connectivity index (χ4n) is 1.25. The number of carboxylic acids is 1. The second-order valence-corrected chi connectivity index (χ2v) is 2.74. The molecule has 0 amide bonds. The third-order valence-corrected chi connectivity index (χ3v) is 1.80.